The van der Waals surface area contributed by atoms with E-state index in [4.69, 9.17) is 9.47 Å². The first kappa shape index (κ1) is 18.7. The Labute approximate surface area is 199 Å². The van der Waals surface area contributed by atoms with Crippen molar-refractivity contribution in [3.8, 4) is 0 Å². The van der Waals surface area contributed by atoms with Crippen LogP contribution >= 0.6 is 0 Å². The van der Waals surface area contributed by atoms with E-state index in [0.717, 1.165) is 0 Å². The summed E-state index contributed by atoms with van der Waals surface area (Å²) in [5.41, 5.74) is 7.98. The van der Waals surface area contributed by atoms with Gasteiger partial charge in [-0.1, -0.05) is 24.3 Å². The highest BCUT2D eigenvalue weighted by Crippen LogP contribution is 3.02. The molecule has 0 heterocycles. The summed E-state index contributed by atoms with van der Waals surface area (Å²) in [7, 11) is 0. The van der Waals surface area contributed by atoms with Crippen molar-refractivity contribution in [1.29, 1.82) is 0 Å². The van der Waals surface area contributed by atoms with Crippen LogP contribution < -0.4 is 0 Å². The Morgan fingerprint density at radius 2 is 1.03 bits per heavy atom. The number of hydrogen-bond donors (Lipinski definition) is 0. The summed E-state index contributed by atoms with van der Waals surface area (Å²) in [6.07, 6.45) is 4.96. The molecule has 2 aromatic rings. The topological polar surface area (TPSA) is 52.6 Å². The van der Waals surface area contributed by atoms with Crippen molar-refractivity contribution in [3.63, 3.8) is 0 Å². The number of carbonyl (C=O) groups excluding carboxylic acids is 2. The molecule has 4 nitrogen and oxygen atoms in total. The third kappa shape index (κ3) is 1.35. The van der Waals surface area contributed by atoms with Gasteiger partial charge in [-0.3, -0.25) is 0 Å². The van der Waals surface area contributed by atoms with Crippen molar-refractivity contribution in [1.82, 2.24) is 0 Å². The zero-order valence-electron chi connectivity index (χ0n) is 19.6. The monoisotopic (exact) mass is 452 g/mol. The van der Waals surface area contributed by atoms with Crippen LogP contribution in [0.4, 0.5) is 0 Å². The fraction of sp³-hybridized carbons (Fsp3) is 0.533. The number of ether oxygens (including phenoxy) is 2. The van der Waals surface area contributed by atoms with Crippen LogP contribution in [0.25, 0.3) is 0 Å². The van der Waals surface area contributed by atoms with Crippen molar-refractivity contribution in [2.45, 2.75) is 61.2 Å². The van der Waals surface area contributed by atoms with Crippen LogP contribution in [0.15, 0.2) is 36.4 Å². The third-order valence-corrected chi connectivity index (χ3v) is 12.1. The second-order valence-corrected chi connectivity index (χ2v) is 12.0. The molecule has 0 aromatic heterocycles. The number of benzene rings is 2. The average Bonchev–Trinajstić information content (AvgIpc) is 3.60. The molecule has 8 bridgehead atoms. The van der Waals surface area contributed by atoms with E-state index in [0.29, 0.717) is 58.8 Å². The van der Waals surface area contributed by atoms with Gasteiger partial charge in [0.2, 0.25) is 0 Å². The summed E-state index contributed by atoms with van der Waals surface area (Å²) in [6, 6.07) is 13.6. The highest BCUT2D eigenvalue weighted by molar-refractivity contribution is 6.04. The summed E-state index contributed by atoms with van der Waals surface area (Å²) in [6.45, 7) is 4.22. The SMILES string of the molecule is CCOC(=O)c1cc2c(cc1C(=O)OCC)C13CCC45c6ccccc6C67CCC2([C@@H]6[C@@H]41)[C@H]7[C@H]53. The Morgan fingerprint density at radius 1 is 0.676 bits per heavy atom. The maximum Gasteiger partial charge on any atom is 0.339 e. The summed E-state index contributed by atoms with van der Waals surface area (Å²) >= 11 is 0. The molecule has 4 heteroatoms. The minimum Gasteiger partial charge on any atom is -0.462 e. The Hall–Kier alpha value is -2.62. The lowest BCUT2D eigenvalue weighted by atomic mass is 9.11. The average molecular weight is 453 g/mol. The van der Waals surface area contributed by atoms with Crippen molar-refractivity contribution in [3.05, 3.63) is 69.8 Å². The second kappa shape index (κ2) is 5.15. The van der Waals surface area contributed by atoms with E-state index >= 15 is 0 Å². The molecule has 172 valence electrons. The molecular weight excluding hydrogens is 424 g/mol. The first-order valence-electron chi connectivity index (χ1n) is 13.2. The molecule has 2 aromatic carbocycles. The molecule has 14 aliphatic rings. The zero-order chi connectivity index (χ0) is 22.8. The fourth-order valence-electron chi connectivity index (χ4n) is 12.2. The van der Waals surface area contributed by atoms with Crippen LogP contribution in [-0.2, 0) is 31.1 Å². The summed E-state index contributed by atoms with van der Waals surface area (Å²) in [4.78, 5) is 26.1. The number of carbonyl (C=O) groups is 2. The molecule has 0 aliphatic heterocycles. The lowest BCUT2D eigenvalue weighted by Gasteiger charge is -2.91. The molecule has 0 N–H and O–H groups in total. The molecule has 10 saturated carbocycles. The maximum atomic E-state index is 13.1. The molecule has 10 fully saturated rings. The van der Waals surface area contributed by atoms with E-state index < -0.39 is 11.9 Å². The minimum absolute atomic E-state index is 0.183. The van der Waals surface area contributed by atoms with E-state index in [1.54, 1.807) is 11.1 Å². The lowest BCUT2D eigenvalue weighted by molar-refractivity contribution is -0.319. The number of esters is 2. The molecule has 0 saturated heterocycles. The van der Waals surface area contributed by atoms with E-state index in [1.165, 1.54) is 36.8 Å². The first-order valence-corrected chi connectivity index (χ1v) is 13.2. The lowest BCUT2D eigenvalue weighted by Crippen LogP contribution is -2.92. The normalized spacial score (nSPS) is 45.2. The standard InChI is InChI=1S/C30H28O4/c1-3-33-25(31)15-13-19-20(14-16(15)26(32)34-4-2)30-12-10-28-18-8-6-5-7-17(18)27-9-11-29(19,21(27)23(28)30)22(27)24(28)30/h5-8,13-14,21-24H,3-4,9-12H2,1-2H3/t21-,22+,23+,24-,27?,28?,29?,30?. The summed E-state index contributed by atoms with van der Waals surface area (Å²) < 4.78 is 10.8. The van der Waals surface area contributed by atoms with Crippen LogP contribution in [0.5, 0.6) is 0 Å². The predicted octanol–water partition coefficient (Wildman–Crippen LogP) is 4.81. The van der Waals surface area contributed by atoms with Gasteiger partial charge in [-0.15, -0.1) is 0 Å². The van der Waals surface area contributed by atoms with Crippen LogP contribution in [0, 0.1) is 23.7 Å². The van der Waals surface area contributed by atoms with Crippen LogP contribution in [0.1, 0.15) is 82.5 Å². The van der Waals surface area contributed by atoms with Gasteiger partial charge in [0.15, 0.2) is 0 Å². The van der Waals surface area contributed by atoms with Crippen LogP contribution in [-0.4, -0.2) is 25.2 Å². The Balaban J connectivity index is 1.33. The molecule has 0 radical (unpaired) electrons. The maximum absolute atomic E-state index is 13.1. The van der Waals surface area contributed by atoms with Gasteiger partial charge in [0.25, 0.3) is 0 Å². The number of hydrogen-bond acceptors (Lipinski definition) is 4. The van der Waals surface area contributed by atoms with Gasteiger partial charge in [0.05, 0.1) is 24.3 Å². The van der Waals surface area contributed by atoms with E-state index in [9.17, 15) is 9.59 Å². The van der Waals surface area contributed by atoms with E-state index in [2.05, 4.69) is 36.4 Å². The van der Waals surface area contributed by atoms with Crippen molar-refractivity contribution < 1.29 is 19.1 Å². The third-order valence-electron chi connectivity index (χ3n) is 12.1. The largest absolute Gasteiger partial charge is 0.462 e. The summed E-state index contributed by atoms with van der Waals surface area (Å²) in [5, 5.41) is 0. The minimum atomic E-state index is -0.398. The number of fused-ring (bicyclic) bond motifs is 2. The van der Waals surface area contributed by atoms with E-state index in [-0.39, 0.29) is 10.8 Å². The van der Waals surface area contributed by atoms with Crippen LogP contribution in [0.3, 0.4) is 0 Å². The molecule has 14 aliphatic carbocycles. The Kier molecular flexibility index (Phi) is 2.83. The van der Waals surface area contributed by atoms with Crippen LogP contribution in [0.2, 0.25) is 0 Å². The molecule has 34 heavy (non-hydrogen) atoms. The quantitative estimate of drug-likeness (QED) is 0.625. The molecular formula is C30H28O4. The first-order chi connectivity index (χ1) is 16.5. The van der Waals surface area contributed by atoms with Gasteiger partial charge in [-0.25, -0.2) is 9.59 Å². The molecule has 8 atom stereocenters. The van der Waals surface area contributed by atoms with Gasteiger partial charge in [0, 0.05) is 21.7 Å². The summed E-state index contributed by atoms with van der Waals surface area (Å²) in [5.74, 6) is 1.99. The second-order valence-electron chi connectivity index (χ2n) is 12.0. The fourth-order valence-corrected chi connectivity index (χ4v) is 12.2. The van der Waals surface area contributed by atoms with Gasteiger partial charge >= 0.3 is 11.9 Å². The highest BCUT2D eigenvalue weighted by atomic mass is 16.5. The van der Waals surface area contributed by atoms with Crippen molar-refractivity contribution in [2.75, 3.05) is 13.2 Å². The molecule has 4 spiro atoms. The van der Waals surface area contributed by atoms with E-state index in [1.807, 2.05) is 13.8 Å². The van der Waals surface area contributed by atoms with Gasteiger partial charge < -0.3 is 9.47 Å². The highest BCUT2D eigenvalue weighted by Gasteiger charge is 3.01. The Bertz CT molecular complexity index is 1260. The van der Waals surface area contributed by atoms with Gasteiger partial charge in [-0.05, 0) is 97.6 Å². The molecule has 0 amide bonds. The molecule has 16 rings (SSSR count). The Morgan fingerprint density at radius 3 is 1.38 bits per heavy atom. The number of rotatable bonds is 4. The smallest absolute Gasteiger partial charge is 0.339 e. The van der Waals surface area contributed by atoms with Gasteiger partial charge in [0.1, 0.15) is 0 Å². The predicted molar refractivity (Wildman–Crippen MR) is 124 cm³/mol. The van der Waals surface area contributed by atoms with Crippen molar-refractivity contribution >= 4 is 11.9 Å². The molecule has 4 unspecified atom stereocenters. The van der Waals surface area contributed by atoms with Crippen molar-refractivity contribution in [2.24, 2.45) is 23.7 Å². The van der Waals surface area contributed by atoms with Gasteiger partial charge in [-0.2, -0.15) is 0 Å². The zero-order valence-corrected chi connectivity index (χ0v) is 19.6.